The van der Waals surface area contributed by atoms with Gasteiger partial charge in [-0.1, -0.05) is 13.8 Å². The Kier molecular flexibility index (Phi) is 6.56. The van der Waals surface area contributed by atoms with E-state index in [0.29, 0.717) is 18.8 Å². The minimum atomic E-state index is -0.340. The van der Waals surface area contributed by atoms with Crippen molar-refractivity contribution in [1.29, 1.82) is 0 Å². The number of rotatable bonds is 7. The van der Waals surface area contributed by atoms with Gasteiger partial charge in [-0.2, -0.15) is 0 Å². The first-order chi connectivity index (χ1) is 9.58. The quantitative estimate of drug-likeness (QED) is 0.568. The average molecular weight is 279 g/mol. The molecule has 0 fully saturated rings. The molecule has 1 amide bonds. The fourth-order valence-corrected chi connectivity index (χ4v) is 1.81. The zero-order valence-electron chi connectivity index (χ0n) is 12.2. The van der Waals surface area contributed by atoms with Crippen molar-refractivity contribution < 1.29 is 18.7 Å². The third-order valence-electron chi connectivity index (χ3n) is 2.84. The van der Waals surface area contributed by atoms with Gasteiger partial charge in [0.2, 0.25) is 5.91 Å². The highest BCUT2D eigenvalue weighted by Crippen LogP contribution is 2.07. The van der Waals surface area contributed by atoms with E-state index in [2.05, 4.69) is 4.74 Å². The lowest BCUT2D eigenvalue weighted by atomic mass is 10.1. The van der Waals surface area contributed by atoms with Crippen molar-refractivity contribution in [2.24, 2.45) is 5.92 Å². The predicted molar refractivity (Wildman–Crippen MR) is 75.8 cm³/mol. The predicted octanol–water partition coefficient (Wildman–Crippen LogP) is 2.34. The molecule has 5 heteroatoms. The summed E-state index contributed by atoms with van der Waals surface area (Å²) in [6, 6.07) is 3.53. The largest absolute Gasteiger partial charge is 0.469 e. The lowest BCUT2D eigenvalue weighted by molar-refractivity contribution is -0.146. The van der Waals surface area contributed by atoms with E-state index in [9.17, 15) is 9.59 Å². The van der Waals surface area contributed by atoms with E-state index in [-0.39, 0.29) is 17.8 Å². The molecule has 1 heterocycles. The van der Waals surface area contributed by atoms with Crippen molar-refractivity contribution in [1.82, 2.24) is 4.90 Å². The average Bonchev–Trinajstić information content (AvgIpc) is 2.96. The van der Waals surface area contributed by atoms with Gasteiger partial charge in [-0.3, -0.25) is 9.59 Å². The van der Waals surface area contributed by atoms with E-state index < -0.39 is 0 Å². The molecule has 1 atom stereocenters. The molecule has 0 aliphatic rings. The van der Waals surface area contributed by atoms with Crippen LogP contribution >= 0.6 is 0 Å². The summed E-state index contributed by atoms with van der Waals surface area (Å²) in [4.78, 5) is 25.2. The maximum Gasteiger partial charge on any atom is 0.310 e. The molecular weight excluding hydrogens is 258 g/mol. The topological polar surface area (TPSA) is 59.8 Å². The molecule has 1 aromatic heterocycles. The van der Waals surface area contributed by atoms with Gasteiger partial charge in [0.05, 0.1) is 19.3 Å². The van der Waals surface area contributed by atoms with Crippen LogP contribution in [0.2, 0.25) is 0 Å². The Balaban J connectivity index is 2.64. The van der Waals surface area contributed by atoms with Crippen molar-refractivity contribution in [3.63, 3.8) is 0 Å². The molecule has 0 aromatic carbocycles. The summed E-state index contributed by atoms with van der Waals surface area (Å²) in [5.74, 6) is -0.170. The fourth-order valence-electron chi connectivity index (χ4n) is 1.81. The summed E-state index contributed by atoms with van der Waals surface area (Å²) in [7, 11) is 1.35. The normalized spacial score (nSPS) is 12.3. The Morgan fingerprint density at radius 3 is 2.80 bits per heavy atom. The Labute approximate surface area is 119 Å². The molecule has 0 bridgehead atoms. The van der Waals surface area contributed by atoms with Crippen molar-refractivity contribution in [2.45, 2.75) is 20.3 Å². The van der Waals surface area contributed by atoms with Gasteiger partial charge in [0, 0.05) is 19.2 Å². The summed E-state index contributed by atoms with van der Waals surface area (Å²) in [5.41, 5.74) is 0. The highest BCUT2D eigenvalue weighted by atomic mass is 16.5. The number of nitrogens with zero attached hydrogens (tertiary/aromatic N) is 1. The molecule has 1 unspecified atom stereocenters. The third-order valence-corrected chi connectivity index (χ3v) is 2.84. The Morgan fingerprint density at radius 2 is 2.25 bits per heavy atom. The number of esters is 1. The SMILES string of the molecule is CCCN(CC(C)C(=O)OC)C(=O)/C=C/c1ccco1. The van der Waals surface area contributed by atoms with Crippen LogP contribution in [0.1, 0.15) is 26.0 Å². The lowest BCUT2D eigenvalue weighted by Crippen LogP contribution is -2.36. The summed E-state index contributed by atoms with van der Waals surface area (Å²) in [6.07, 6.45) is 5.45. The van der Waals surface area contributed by atoms with E-state index in [1.165, 1.54) is 13.2 Å². The molecule has 0 aliphatic heterocycles. The van der Waals surface area contributed by atoms with Gasteiger partial charge < -0.3 is 14.1 Å². The van der Waals surface area contributed by atoms with Gasteiger partial charge in [0.1, 0.15) is 5.76 Å². The fraction of sp³-hybridized carbons (Fsp3) is 0.467. The van der Waals surface area contributed by atoms with Crippen molar-refractivity contribution in [3.05, 3.63) is 30.2 Å². The summed E-state index contributed by atoms with van der Waals surface area (Å²) in [6.45, 7) is 4.68. The van der Waals surface area contributed by atoms with Gasteiger partial charge in [0.15, 0.2) is 0 Å². The standard InChI is InChI=1S/C15H21NO4/c1-4-9-16(11-12(2)15(18)19-3)14(17)8-7-13-6-5-10-20-13/h5-8,10,12H,4,9,11H2,1-3H3/b8-7+. The number of furan rings is 1. The van der Waals surface area contributed by atoms with Crippen LogP contribution in [0.4, 0.5) is 0 Å². The van der Waals surface area contributed by atoms with Crippen LogP contribution in [0.3, 0.4) is 0 Å². The highest BCUT2D eigenvalue weighted by Gasteiger charge is 2.19. The summed E-state index contributed by atoms with van der Waals surface area (Å²) < 4.78 is 9.81. The number of amides is 1. The molecule has 5 nitrogen and oxygen atoms in total. The van der Waals surface area contributed by atoms with Crippen molar-refractivity contribution >= 4 is 18.0 Å². The number of carbonyl (C=O) groups excluding carboxylic acids is 2. The van der Waals surface area contributed by atoms with Gasteiger partial charge in [-0.25, -0.2) is 0 Å². The molecule has 0 spiro atoms. The lowest BCUT2D eigenvalue weighted by Gasteiger charge is -2.23. The molecule has 0 radical (unpaired) electrons. The van der Waals surface area contributed by atoms with E-state index in [1.54, 1.807) is 36.3 Å². The first-order valence-corrected chi connectivity index (χ1v) is 6.66. The second-order valence-corrected chi connectivity index (χ2v) is 4.56. The Bertz CT molecular complexity index is 450. The van der Waals surface area contributed by atoms with E-state index >= 15 is 0 Å². The monoisotopic (exact) mass is 279 g/mol. The van der Waals surface area contributed by atoms with E-state index in [4.69, 9.17) is 4.42 Å². The van der Waals surface area contributed by atoms with Crippen LogP contribution in [0.25, 0.3) is 6.08 Å². The van der Waals surface area contributed by atoms with Crippen LogP contribution < -0.4 is 0 Å². The van der Waals surface area contributed by atoms with Crippen LogP contribution in [-0.2, 0) is 14.3 Å². The molecule has 0 saturated carbocycles. The van der Waals surface area contributed by atoms with Gasteiger partial charge in [-0.05, 0) is 24.6 Å². The van der Waals surface area contributed by atoms with E-state index in [1.807, 2.05) is 6.92 Å². The second kappa shape index (κ2) is 8.19. The number of methoxy groups -OCH3 is 1. The summed E-state index contributed by atoms with van der Waals surface area (Å²) >= 11 is 0. The molecule has 0 saturated heterocycles. The molecule has 0 N–H and O–H groups in total. The van der Waals surface area contributed by atoms with Crippen molar-refractivity contribution in [2.75, 3.05) is 20.2 Å². The van der Waals surface area contributed by atoms with Gasteiger partial charge in [-0.15, -0.1) is 0 Å². The Morgan fingerprint density at radius 1 is 1.50 bits per heavy atom. The molecular formula is C15H21NO4. The maximum absolute atomic E-state index is 12.1. The smallest absolute Gasteiger partial charge is 0.310 e. The zero-order chi connectivity index (χ0) is 15.0. The molecule has 1 aromatic rings. The van der Waals surface area contributed by atoms with Crippen molar-refractivity contribution in [3.8, 4) is 0 Å². The minimum Gasteiger partial charge on any atom is -0.469 e. The number of hydrogen-bond acceptors (Lipinski definition) is 4. The zero-order valence-corrected chi connectivity index (χ0v) is 12.2. The van der Waals surface area contributed by atoms with Gasteiger partial charge >= 0.3 is 5.97 Å². The first-order valence-electron chi connectivity index (χ1n) is 6.66. The minimum absolute atomic E-state index is 0.140. The molecule has 1 rings (SSSR count). The molecule has 0 aliphatic carbocycles. The van der Waals surface area contributed by atoms with E-state index in [0.717, 1.165) is 6.42 Å². The third kappa shape index (κ3) is 4.91. The Hall–Kier alpha value is -2.04. The molecule has 20 heavy (non-hydrogen) atoms. The van der Waals surface area contributed by atoms with Crippen LogP contribution in [0, 0.1) is 5.92 Å². The number of carbonyl (C=O) groups is 2. The number of ether oxygens (including phenoxy) is 1. The second-order valence-electron chi connectivity index (χ2n) is 4.56. The number of hydrogen-bond donors (Lipinski definition) is 0. The summed E-state index contributed by atoms with van der Waals surface area (Å²) in [5, 5.41) is 0. The first kappa shape index (κ1) is 16.0. The molecule has 110 valence electrons. The maximum atomic E-state index is 12.1. The van der Waals surface area contributed by atoms with Crippen LogP contribution in [-0.4, -0.2) is 37.0 Å². The van der Waals surface area contributed by atoms with Gasteiger partial charge in [0.25, 0.3) is 0 Å². The van der Waals surface area contributed by atoms with Crippen LogP contribution in [0.15, 0.2) is 28.9 Å². The highest BCUT2D eigenvalue weighted by molar-refractivity contribution is 5.91. The van der Waals surface area contributed by atoms with Crippen LogP contribution in [0.5, 0.6) is 0 Å².